The van der Waals surface area contributed by atoms with Gasteiger partial charge in [0, 0.05) is 0 Å². The summed E-state index contributed by atoms with van der Waals surface area (Å²) in [6, 6.07) is 0. The minimum absolute atomic E-state index is 0.211. The first-order valence-electron chi connectivity index (χ1n) is 9.17. The average Bonchev–Trinajstić information content (AvgIpc) is 2.50. The van der Waals surface area contributed by atoms with Crippen molar-refractivity contribution in [3.05, 3.63) is 0 Å². The first-order valence-corrected chi connectivity index (χ1v) is 10.5. The zero-order valence-electron chi connectivity index (χ0n) is 15.6. The highest BCUT2D eigenvalue weighted by atomic mass is 32.3. The smallest absolute Gasteiger partial charge is 0.283 e. The highest BCUT2D eigenvalue weighted by Crippen LogP contribution is 2.12. The summed E-state index contributed by atoms with van der Waals surface area (Å²) in [6.07, 6.45) is 12.2. The van der Waals surface area contributed by atoms with Gasteiger partial charge >= 0.3 is 10.4 Å². The molecule has 0 saturated heterocycles. The largest absolute Gasteiger partial charge is 0.401 e. The van der Waals surface area contributed by atoms with E-state index in [-0.39, 0.29) is 6.61 Å². The van der Waals surface area contributed by atoms with Crippen molar-refractivity contribution < 1.29 is 16.8 Å². The second-order valence-electron chi connectivity index (χ2n) is 6.33. The van der Waals surface area contributed by atoms with E-state index in [1.54, 1.807) is 19.0 Å². The van der Waals surface area contributed by atoms with Crippen LogP contribution in [0.4, 0.5) is 0 Å². The lowest BCUT2D eigenvalue weighted by Crippen LogP contribution is -2.32. The zero-order chi connectivity index (χ0) is 17.6. The number of unbranched alkanes of at least 4 members (excludes halogenated alkanes) is 9. The Balaban J connectivity index is 3.56. The fraction of sp³-hybridized carbons (Fsp3) is 1.00. The normalized spacial score (nSPS) is 13.6. The second kappa shape index (κ2) is 14.2. The Hall–Kier alpha value is -0.170. The number of hydrogen-bond donors (Lipinski definition) is 0. The van der Waals surface area contributed by atoms with Gasteiger partial charge in [0.1, 0.15) is 6.23 Å². The quantitative estimate of drug-likeness (QED) is 0.303. The molecule has 0 fully saturated rings. The van der Waals surface area contributed by atoms with E-state index in [1.165, 1.54) is 44.9 Å². The highest BCUT2D eigenvalue weighted by molar-refractivity contribution is 7.81. The van der Waals surface area contributed by atoms with Crippen molar-refractivity contribution in [2.24, 2.45) is 0 Å². The number of nitrogens with zero attached hydrogens (tertiary/aromatic N) is 1. The lowest BCUT2D eigenvalue weighted by Gasteiger charge is -2.21. The van der Waals surface area contributed by atoms with Crippen LogP contribution in [0.15, 0.2) is 0 Å². The van der Waals surface area contributed by atoms with Gasteiger partial charge in [0.05, 0.1) is 6.61 Å². The minimum Gasteiger partial charge on any atom is -0.283 e. The van der Waals surface area contributed by atoms with Crippen molar-refractivity contribution in [1.29, 1.82) is 0 Å². The van der Waals surface area contributed by atoms with Gasteiger partial charge < -0.3 is 0 Å². The van der Waals surface area contributed by atoms with E-state index < -0.39 is 16.6 Å². The Morgan fingerprint density at radius 3 is 1.74 bits per heavy atom. The molecule has 0 aliphatic rings. The molecule has 0 bridgehead atoms. The molecule has 0 aromatic carbocycles. The maximum atomic E-state index is 11.7. The summed E-state index contributed by atoms with van der Waals surface area (Å²) in [4.78, 5) is 1.72. The lowest BCUT2D eigenvalue weighted by molar-refractivity contribution is 0.0480. The molecule has 0 aromatic rings. The van der Waals surface area contributed by atoms with E-state index in [9.17, 15) is 8.42 Å². The fourth-order valence-corrected chi connectivity index (χ4v) is 3.39. The van der Waals surface area contributed by atoms with Gasteiger partial charge in [-0.15, -0.1) is 0 Å². The Morgan fingerprint density at radius 2 is 1.30 bits per heavy atom. The summed E-state index contributed by atoms with van der Waals surface area (Å²) >= 11 is 0. The van der Waals surface area contributed by atoms with Gasteiger partial charge in [-0.1, -0.05) is 71.6 Å². The van der Waals surface area contributed by atoms with Crippen LogP contribution in [0, 0.1) is 0 Å². The van der Waals surface area contributed by atoms with Crippen LogP contribution in [0.3, 0.4) is 0 Å². The molecule has 1 unspecified atom stereocenters. The third-order valence-electron chi connectivity index (χ3n) is 3.88. The van der Waals surface area contributed by atoms with Crippen LogP contribution >= 0.6 is 0 Å². The van der Waals surface area contributed by atoms with E-state index in [0.29, 0.717) is 6.42 Å². The molecule has 23 heavy (non-hydrogen) atoms. The maximum Gasteiger partial charge on any atom is 0.401 e. The maximum absolute atomic E-state index is 11.7. The van der Waals surface area contributed by atoms with Crippen LogP contribution in [0.2, 0.25) is 0 Å². The molecule has 6 heteroatoms. The molecule has 5 nitrogen and oxygen atoms in total. The molecule has 0 amide bonds. The summed E-state index contributed by atoms with van der Waals surface area (Å²) in [7, 11) is -0.323. The average molecular weight is 352 g/mol. The van der Waals surface area contributed by atoms with Gasteiger partial charge in [0.2, 0.25) is 0 Å². The Kier molecular flexibility index (Phi) is 14.1. The molecule has 0 radical (unpaired) electrons. The zero-order valence-corrected chi connectivity index (χ0v) is 16.4. The predicted molar refractivity (Wildman–Crippen MR) is 95.6 cm³/mol. The van der Waals surface area contributed by atoms with Crippen molar-refractivity contribution in [1.82, 2.24) is 4.90 Å². The second-order valence-corrected chi connectivity index (χ2v) is 7.58. The van der Waals surface area contributed by atoms with Gasteiger partial charge in [-0.05, 0) is 26.9 Å². The molecule has 0 saturated carbocycles. The molecule has 0 spiro atoms. The monoisotopic (exact) mass is 351 g/mol. The van der Waals surface area contributed by atoms with E-state index in [1.807, 2.05) is 6.92 Å². The van der Waals surface area contributed by atoms with Crippen LogP contribution < -0.4 is 0 Å². The van der Waals surface area contributed by atoms with Crippen LogP contribution in [0.5, 0.6) is 0 Å². The first-order chi connectivity index (χ1) is 10.9. The molecule has 0 heterocycles. The van der Waals surface area contributed by atoms with Gasteiger partial charge in [-0.25, -0.2) is 8.37 Å². The Labute approximate surface area is 144 Å². The van der Waals surface area contributed by atoms with Gasteiger partial charge in [-0.2, -0.15) is 8.42 Å². The standard InChI is InChI=1S/C17H37NO4S/c1-5-7-8-9-10-11-12-13-14-15-16-21-23(19,20)22-17(6-2)18(3)4/h17H,5-16H2,1-4H3. The molecule has 0 aromatic heterocycles. The third-order valence-corrected chi connectivity index (χ3v) is 4.79. The van der Waals surface area contributed by atoms with E-state index in [2.05, 4.69) is 6.92 Å². The van der Waals surface area contributed by atoms with Crippen molar-refractivity contribution in [2.45, 2.75) is 90.7 Å². The van der Waals surface area contributed by atoms with Crippen LogP contribution in [-0.4, -0.2) is 40.2 Å². The number of hydrogen-bond acceptors (Lipinski definition) is 5. The summed E-state index contributed by atoms with van der Waals surface area (Å²) in [5.41, 5.74) is 0. The van der Waals surface area contributed by atoms with Gasteiger partial charge in [-0.3, -0.25) is 4.90 Å². The predicted octanol–water partition coefficient (Wildman–Crippen LogP) is 4.48. The molecule has 0 N–H and O–H groups in total. The van der Waals surface area contributed by atoms with Crippen molar-refractivity contribution in [3.8, 4) is 0 Å². The molecule has 1 atom stereocenters. The molecule has 0 aliphatic heterocycles. The summed E-state index contributed by atoms with van der Waals surface area (Å²) < 4.78 is 33.3. The van der Waals surface area contributed by atoms with Crippen LogP contribution in [0.25, 0.3) is 0 Å². The topological polar surface area (TPSA) is 55.8 Å². The third kappa shape index (κ3) is 13.9. The van der Waals surface area contributed by atoms with E-state index in [0.717, 1.165) is 19.3 Å². The van der Waals surface area contributed by atoms with E-state index in [4.69, 9.17) is 8.37 Å². The minimum atomic E-state index is -3.89. The van der Waals surface area contributed by atoms with Crippen molar-refractivity contribution in [2.75, 3.05) is 20.7 Å². The van der Waals surface area contributed by atoms with Gasteiger partial charge in [0.15, 0.2) is 0 Å². The van der Waals surface area contributed by atoms with Gasteiger partial charge in [0.25, 0.3) is 0 Å². The SMILES string of the molecule is CCCCCCCCCCCCOS(=O)(=O)OC(CC)N(C)C. The fourth-order valence-electron chi connectivity index (χ4n) is 2.43. The molecule has 0 aliphatic carbocycles. The Bertz CT molecular complexity index is 358. The van der Waals surface area contributed by atoms with E-state index >= 15 is 0 Å². The van der Waals surface area contributed by atoms with Crippen molar-refractivity contribution >= 4 is 10.4 Å². The summed E-state index contributed by atoms with van der Waals surface area (Å²) in [5, 5.41) is 0. The highest BCUT2D eigenvalue weighted by Gasteiger charge is 2.20. The Morgan fingerprint density at radius 1 is 0.826 bits per heavy atom. The lowest BCUT2D eigenvalue weighted by atomic mass is 10.1. The molecular formula is C17H37NO4S. The van der Waals surface area contributed by atoms with Crippen LogP contribution in [0.1, 0.15) is 84.5 Å². The number of rotatable bonds is 16. The molecule has 0 rings (SSSR count). The van der Waals surface area contributed by atoms with Crippen molar-refractivity contribution in [3.63, 3.8) is 0 Å². The van der Waals surface area contributed by atoms with Crippen LogP contribution in [-0.2, 0) is 18.8 Å². The first kappa shape index (κ1) is 22.8. The summed E-state index contributed by atoms with van der Waals surface area (Å²) in [5.74, 6) is 0. The molecular weight excluding hydrogens is 314 g/mol. The molecule has 140 valence electrons. The summed E-state index contributed by atoms with van der Waals surface area (Å²) in [6.45, 7) is 4.32.